The van der Waals surface area contributed by atoms with Crippen LogP contribution in [-0.4, -0.2) is 6.10 Å². The van der Waals surface area contributed by atoms with Gasteiger partial charge in [-0.15, -0.1) is 9.46 Å². The Morgan fingerprint density at radius 3 is 2.08 bits per heavy atom. The van der Waals surface area contributed by atoms with E-state index in [1.165, 1.54) is 0 Å². The highest BCUT2D eigenvalue weighted by Gasteiger charge is 2.22. The summed E-state index contributed by atoms with van der Waals surface area (Å²) >= 11 is 0. The molecule has 12 heavy (non-hydrogen) atoms. The summed E-state index contributed by atoms with van der Waals surface area (Å²) in [5, 5.41) is 0. The minimum absolute atomic E-state index is 0.114. The quantitative estimate of drug-likeness (QED) is 0.651. The molecule has 0 heterocycles. The maximum absolute atomic E-state index is 11.5. The zero-order chi connectivity index (χ0) is 8.81. The van der Waals surface area contributed by atoms with Gasteiger partial charge < -0.3 is 4.52 Å². The molecule has 1 aliphatic rings. The van der Waals surface area contributed by atoms with Gasteiger partial charge in [0, 0.05) is 0 Å². The summed E-state index contributed by atoms with van der Waals surface area (Å²) in [6, 6.07) is 0. The number of halogens is 2. The molecule has 0 spiro atoms. The van der Waals surface area contributed by atoms with Gasteiger partial charge in [-0.3, -0.25) is 0 Å². The minimum Gasteiger partial charge on any atom is -0.305 e. The molecule has 0 aliphatic heterocycles. The maximum atomic E-state index is 11.5. The predicted octanol–water partition coefficient (Wildman–Crippen LogP) is 3.36. The molecule has 0 atom stereocenters. The highest BCUT2D eigenvalue weighted by molar-refractivity contribution is 7.41. The van der Waals surface area contributed by atoms with Gasteiger partial charge in [-0.2, -0.15) is 0 Å². The first-order chi connectivity index (χ1) is 5.86. The van der Waals surface area contributed by atoms with Gasteiger partial charge in [0.1, 0.15) is 0 Å². The lowest BCUT2D eigenvalue weighted by molar-refractivity contribution is -0.104. The molecule has 0 aromatic carbocycles. The zero-order valence-electron chi connectivity index (χ0n) is 6.54. The fraction of sp³-hybridized carbons (Fsp3) is 1.00. The van der Waals surface area contributed by atoms with E-state index < -0.39 is 8.60 Å². The molecular formula is C6H11F2O3P. The van der Waals surface area contributed by atoms with Gasteiger partial charge in [-0.05, 0) is 21.9 Å². The average Bonchev–Trinajstić information content (AvgIpc) is 2.16. The van der Waals surface area contributed by atoms with Crippen LogP contribution in [0, 0.1) is 0 Å². The third-order valence-corrected chi connectivity index (χ3v) is 2.60. The second kappa shape index (κ2) is 5.75. The van der Waals surface area contributed by atoms with E-state index in [0.717, 1.165) is 32.1 Å². The van der Waals surface area contributed by atoms with Crippen molar-refractivity contribution in [3.05, 3.63) is 0 Å². The molecule has 1 rings (SSSR count). The third-order valence-electron chi connectivity index (χ3n) is 1.90. The summed E-state index contributed by atoms with van der Waals surface area (Å²) in [6.07, 6.45) is 4.76. The van der Waals surface area contributed by atoms with Gasteiger partial charge in [-0.1, -0.05) is 19.3 Å². The summed E-state index contributed by atoms with van der Waals surface area (Å²) < 4.78 is 34.1. The molecule has 3 nitrogen and oxygen atoms in total. The highest BCUT2D eigenvalue weighted by Crippen LogP contribution is 2.43. The minimum atomic E-state index is -2.41. The van der Waals surface area contributed by atoms with Gasteiger partial charge in [0.25, 0.3) is 0 Å². The third kappa shape index (κ3) is 3.27. The molecule has 1 saturated carbocycles. The molecule has 0 bridgehead atoms. The fourth-order valence-corrected chi connectivity index (χ4v) is 1.88. The van der Waals surface area contributed by atoms with Crippen molar-refractivity contribution in [2.45, 2.75) is 38.2 Å². The lowest BCUT2D eigenvalue weighted by atomic mass is 9.98. The van der Waals surface area contributed by atoms with Gasteiger partial charge in [0.05, 0.1) is 6.10 Å². The Labute approximate surface area is 70.8 Å². The summed E-state index contributed by atoms with van der Waals surface area (Å²) in [5.74, 6) is 0. The SMILES string of the molecule is FOP(OF)OC1CCCCC1. The summed E-state index contributed by atoms with van der Waals surface area (Å²) in [5.41, 5.74) is 0. The van der Waals surface area contributed by atoms with Crippen molar-refractivity contribution in [3.63, 3.8) is 0 Å². The monoisotopic (exact) mass is 200 g/mol. The lowest BCUT2D eigenvalue weighted by Gasteiger charge is -2.21. The van der Waals surface area contributed by atoms with Crippen molar-refractivity contribution in [2.75, 3.05) is 0 Å². The number of rotatable bonds is 4. The van der Waals surface area contributed by atoms with Crippen molar-refractivity contribution in [2.24, 2.45) is 0 Å². The Morgan fingerprint density at radius 2 is 1.58 bits per heavy atom. The molecule has 6 heteroatoms. The molecule has 0 aromatic rings. The highest BCUT2D eigenvalue weighted by atomic mass is 31.2. The largest absolute Gasteiger partial charge is 0.403 e. The van der Waals surface area contributed by atoms with E-state index in [4.69, 9.17) is 4.52 Å². The van der Waals surface area contributed by atoms with Crippen LogP contribution in [0.4, 0.5) is 9.05 Å². The molecule has 0 aromatic heterocycles. The van der Waals surface area contributed by atoms with Crippen LogP contribution in [0.2, 0.25) is 0 Å². The van der Waals surface area contributed by atoms with Gasteiger partial charge in [0.2, 0.25) is 0 Å². The topological polar surface area (TPSA) is 27.7 Å². The van der Waals surface area contributed by atoms with E-state index in [2.05, 4.69) is 9.46 Å². The number of hydrogen-bond donors (Lipinski definition) is 0. The Bertz CT molecular complexity index is 117. The molecule has 0 amide bonds. The van der Waals surface area contributed by atoms with Crippen LogP contribution in [-0.2, 0) is 14.0 Å². The smallest absolute Gasteiger partial charge is 0.305 e. The van der Waals surface area contributed by atoms with E-state index in [-0.39, 0.29) is 6.10 Å². The van der Waals surface area contributed by atoms with Crippen molar-refractivity contribution in [3.8, 4) is 0 Å². The lowest BCUT2D eigenvalue weighted by Crippen LogP contribution is -2.14. The number of hydrogen-bond acceptors (Lipinski definition) is 3. The van der Waals surface area contributed by atoms with Crippen LogP contribution >= 0.6 is 8.60 Å². The predicted molar refractivity (Wildman–Crippen MR) is 39.3 cm³/mol. The van der Waals surface area contributed by atoms with Crippen LogP contribution in [0.1, 0.15) is 32.1 Å². The van der Waals surface area contributed by atoms with Crippen LogP contribution in [0.15, 0.2) is 0 Å². The van der Waals surface area contributed by atoms with Crippen LogP contribution in [0.25, 0.3) is 0 Å². The molecule has 0 unspecified atom stereocenters. The summed E-state index contributed by atoms with van der Waals surface area (Å²) in [6.45, 7) is 0. The Balaban J connectivity index is 2.18. The Hall–Kier alpha value is 0.170. The zero-order valence-corrected chi connectivity index (χ0v) is 7.44. The van der Waals surface area contributed by atoms with Gasteiger partial charge in [-0.25, -0.2) is 0 Å². The van der Waals surface area contributed by atoms with Crippen LogP contribution in [0.3, 0.4) is 0 Å². The van der Waals surface area contributed by atoms with E-state index in [1.807, 2.05) is 0 Å². The molecule has 0 saturated heterocycles. The van der Waals surface area contributed by atoms with E-state index >= 15 is 0 Å². The fourth-order valence-electron chi connectivity index (χ4n) is 1.34. The molecular weight excluding hydrogens is 189 g/mol. The van der Waals surface area contributed by atoms with E-state index in [9.17, 15) is 9.05 Å². The first-order valence-electron chi connectivity index (χ1n) is 3.91. The van der Waals surface area contributed by atoms with Crippen LogP contribution in [0.5, 0.6) is 0 Å². The van der Waals surface area contributed by atoms with Crippen molar-refractivity contribution in [1.82, 2.24) is 0 Å². The van der Waals surface area contributed by atoms with Crippen molar-refractivity contribution in [1.29, 1.82) is 0 Å². The molecule has 0 radical (unpaired) electrons. The second-order valence-electron chi connectivity index (χ2n) is 2.73. The average molecular weight is 200 g/mol. The summed E-state index contributed by atoms with van der Waals surface area (Å²) in [7, 11) is -2.41. The first-order valence-corrected chi connectivity index (χ1v) is 5.00. The summed E-state index contributed by atoms with van der Waals surface area (Å²) in [4.78, 5) is 0. The second-order valence-corrected chi connectivity index (χ2v) is 3.66. The van der Waals surface area contributed by atoms with Gasteiger partial charge in [0.15, 0.2) is 0 Å². The normalized spacial score (nSPS) is 20.2. The Kier molecular flexibility index (Phi) is 4.92. The van der Waals surface area contributed by atoms with E-state index in [0.29, 0.717) is 0 Å². The maximum Gasteiger partial charge on any atom is 0.403 e. The molecule has 1 fully saturated rings. The standard InChI is InChI=1S/C6H11F2O3P/c7-10-12(11-8)9-6-4-2-1-3-5-6/h6H,1-5H2. The Morgan fingerprint density at radius 1 is 1.00 bits per heavy atom. The van der Waals surface area contributed by atoms with Gasteiger partial charge >= 0.3 is 8.60 Å². The molecule has 0 N–H and O–H groups in total. The van der Waals surface area contributed by atoms with Crippen molar-refractivity contribution >= 4 is 8.60 Å². The molecule has 1 aliphatic carbocycles. The molecule has 72 valence electrons. The van der Waals surface area contributed by atoms with E-state index in [1.54, 1.807) is 0 Å². The first kappa shape index (κ1) is 10.3. The van der Waals surface area contributed by atoms with Crippen LogP contribution < -0.4 is 0 Å². The van der Waals surface area contributed by atoms with Crippen molar-refractivity contribution < 1.29 is 23.0 Å².